The summed E-state index contributed by atoms with van der Waals surface area (Å²) in [5.41, 5.74) is 10.0. The van der Waals surface area contributed by atoms with Gasteiger partial charge >= 0.3 is 0 Å². The Labute approximate surface area is 359 Å². The molecule has 6 rings (SSSR count). The molecule has 12 heteroatoms. The molecule has 1 aliphatic heterocycles. The molecular formula is C49H61FN6O5. The van der Waals surface area contributed by atoms with Crippen LogP contribution in [-0.2, 0) is 51.3 Å². The number of ether oxygens (including phenoxy) is 1. The second kappa shape index (κ2) is 19.4. The number of fused-ring (bicyclic) bond motifs is 2. The number of aryl methyl sites for hydroxylation is 1. The van der Waals surface area contributed by atoms with Crippen molar-refractivity contribution in [2.45, 2.75) is 98.2 Å². The summed E-state index contributed by atoms with van der Waals surface area (Å²) < 4.78 is 23.1. The van der Waals surface area contributed by atoms with E-state index in [1.807, 2.05) is 71.0 Å². The fourth-order valence-corrected chi connectivity index (χ4v) is 8.67. The van der Waals surface area contributed by atoms with Crippen LogP contribution in [0.15, 0.2) is 77.8 Å². The molecule has 0 bridgehead atoms. The molecule has 2 unspecified atom stereocenters. The summed E-state index contributed by atoms with van der Waals surface area (Å²) >= 11 is 0. The first-order valence-electron chi connectivity index (χ1n) is 21.5. The van der Waals surface area contributed by atoms with E-state index in [-0.39, 0.29) is 55.5 Å². The van der Waals surface area contributed by atoms with Gasteiger partial charge in [0.25, 0.3) is 5.56 Å². The van der Waals surface area contributed by atoms with Gasteiger partial charge in [-0.1, -0.05) is 63.4 Å². The number of benzene rings is 2. The van der Waals surface area contributed by atoms with E-state index in [1.165, 1.54) is 0 Å². The van der Waals surface area contributed by atoms with Gasteiger partial charge in [0.15, 0.2) is 0 Å². The molecule has 61 heavy (non-hydrogen) atoms. The third kappa shape index (κ3) is 9.66. The molecule has 3 aromatic rings. The van der Waals surface area contributed by atoms with Gasteiger partial charge in [0.2, 0.25) is 17.7 Å². The number of likely N-dealkylation sites (N-methyl/N-ethyl adjacent to an activating group) is 1. The number of pyridine rings is 1. The van der Waals surface area contributed by atoms with Crippen LogP contribution in [0.4, 0.5) is 4.39 Å². The molecule has 3 aliphatic rings. The molecule has 3 amide bonds. The van der Waals surface area contributed by atoms with E-state index in [0.29, 0.717) is 62.8 Å². The highest BCUT2D eigenvalue weighted by Crippen LogP contribution is 2.48. The lowest BCUT2D eigenvalue weighted by molar-refractivity contribution is -0.129. The van der Waals surface area contributed by atoms with Crippen molar-refractivity contribution >= 4 is 34.4 Å². The highest BCUT2D eigenvalue weighted by atomic mass is 19.1. The predicted molar refractivity (Wildman–Crippen MR) is 240 cm³/mol. The van der Waals surface area contributed by atoms with E-state index in [9.17, 15) is 19.2 Å². The minimum absolute atomic E-state index is 0.0432. The maximum Gasteiger partial charge on any atom is 0.255 e. The first-order valence-corrected chi connectivity index (χ1v) is 21.5. The highest BCUT2D eigenvalue weighted by Gasteiger charge is 2.51. The summed E-state index contributed by atoms with van der Waals surface area (Å²) in [6, 6.07) is 12.5. The molecule has 11 nitrogen and oxygen atoms in total. The van der Waals surface area contributed by atoms with Crippen LogP contribution in [0.2, 0.25) is 0 Å². The Morgan fingerprint density at radius 3 is 2.46 bits per heavy atom. The number of allylic oxidation sites excluding steroid dienone is 4. The van der Waals surface area contributed by atoms with Gasteiger partial charge in [0.1, 0.15) is 12.5 Å². The zero-order chi connectivity index (χ0) is 44.0. The standard InChI is InChI=1S/C49H61FN6O5/c1-9-29(4)37-23-42-31(6)38(26-56(42)47(59)35(37)11-3)46-40(18-17-36-30(5)39(50)22-34(10-2)45(36)46)55-48(60)49(19-20-49)27-61-28-53-43(57)25-52-32(7)41(54-44(58)24-51-8)21-33-15-13-12-14-16-33/h9,12-16,22-23,40-41,51-52H,6-7,10-11,17-21,24-28H2,1-5,8H3,(H,53,57)(H,54,58)(H,55,60)/b29-9+,46-38-. The number of aromatic nitrogens is 1. The van der Waals surface area contributed by atoms with E-state index >= 15 is 4.39 Å². The quantitative estimate of drug-likeness (QED) is 0.0822. The Balaban J connectivity index is 1.14. The Kier molecular flexibility index (Phi) is 14.3. The van der Waals surface area contributed by atoms with Gasteiger partial charge in [0, 0.05) is 11.3 Å². The van der Waals surface area contributed by atoms with Crippen LogP contribution < -0.4 is 32.1 Å². The van der Waals surface area contributed by atoms with Crippen LogP contribution in [0.3, 0.4) is 0 Å². The first-order chi connectivity index (χ1) is 29.3. The summed E-state index contributed by atoms with van der Waals surface area (Å²) in [6.07, 6.45) is 6.11. The van der Waals surface area contributed by atoms with Crippen molar-refractivity contribution in [2.24, 2.45) is 5.41 Å². The molecule has 1 saturated carbocycles. The molecule has 0 saturated heterocycles. The molecule has 2 heterocycles. The van der Waals surface area contributed by atoms with Gasteiger partial charge in [-0.2, -0.15) is 0 Å². The lowest BCUT2D eigenvalue weighted by Crippen LogP contribution is -2.46. The summed E-state index contributed by atoms with van der Waals surface area (Å²) in [7, 11) is 1.70. The zero-order valence-electron chi connectivity index (χ0n) is 36.5. The van der Waals surface area contributed by atoms with Gasteiger partial charge in [-0.3, -0.25) is 19.2 Å². The number of nitrogens with zero attached hydrogens (tertiary/aromatic N) is 1. The molecule has 324 valence electrons. The average Bonchev–Trinajstić information content (AvgIpc) is 3.98. The van der Waals surface area contributed by atoms with Crippen LogP contribution in [0, 0.1) is 18.2 Å². The Hall–Kier alpha value is -5.59. The maximum absolute atomic E-state index is 15.3. The molecule has 0 radical (unpaired) electrons. The van der Waals surface area contributed by atoms with Crippen molar-refractivity contribution in [3.05, 3.63) is 134 Å². The van der Waals surface area contributed by atoms with Crippen molar-refractivity contribution in [3.63, 3.8) is 0 Å². The largest absolute Gasteiger partial charge is 0.378 e. The Morgan fingerprint density at radius 2 is 1.80 bits per heavy atom. The zero-order valence-corrected chi connectivity index (χ0v) is 36.5. The lowest BCUT2D eigenvalue weighted by atomic mass is 9.75. The molecule has 5 N–H and O–H groups in total. The van der Waals surface area contributed by atoms with Crippen molar-refractivity contribution in [1.82, 2.24) is 31.2 Å². The summed E-state index contributed by atoms with van der Waals surface area (Å²) in [5.74, 6) is -0.899. The number of amides is 3. The predicted octanol–water partition coefficient (Wildman–Crippen LogP) is 5.68. The third-order valence-electron chi connectivity index (χ3n) is 12.6. The fourth-order valence-electron chi connectivity index (χ4n) is 8.67. The molecule has 2 aromatic carbocycles. The minimum atomic E-state index is -0.753. The molecule has 2 atom stereocenters. The Morgan fingerprint density at radius 1 is 1.07 bits per heavy atom. The summed E-state index contributed by atoms with van der Waals surface area (Å²) in [4.78, 5) is 53.6. The second-order valence-corrected chi connectivity index (χ2v) is 16.5. The number of hydrogen-bond donors (Lipinski definition) is 5. The van der Waals surface area contributed by atoms with Crippen molar-refractivity contribution < 1.29 is 23.5 Å². The number of carbonyl (C=O) groups excluding carboxylic acids is 3. The number of nitrogens with one attached hydrogen (secondary N) is 5. The minimum Gasteiger partial charge on any atom is -0.378 e. The normalized spacial score (nSPS) is 18.2. The number of carbonyl (C=O) groups is 3. The average molecular weight is 833 g/mol. The van der Waals surface area contributed by atoms with E-state index in [2.05, 4.69) is 45.8 Å². The van der Waals surface area contributed by atoms with E-state index < -0.39 is 17.5 Å². The highest BCUT2D eigenvalue weighted by molar-refractivity contribution is 5.96. The van der Waals surface area contributed by atoms with E-state index in [0.717, 1.165) is 61.4 Å². The number of hydrogen-bond acceptors (Lipinski definition) is 7. The van der Waals surface area contributed by atoms with Crippen LogP contribution in [0.25, 0.3) is 16.7 Å². The van der Waals surface area contributed by atoms with Crippen LogP contribution in [0.1, 0.15) is 91.6 Å². The number of rotatable bonds is 18. The van der Waals surface area contributed by atoms with Gasteiger partial charge in [-0.25, -0.2) is 4.39 Å². The van der Waals surface area contributed by atoms with Gasteiger partial charge in [0.05, 0.1) is 49.4 Å². The smallest absolute Gasteiger partial charge is 0.255 e. The first kappa shape index (κ1) is 44.9. The van der Waals surface area contributed by atoms with Crippen molar-refractivity contribution in [2.75, 3.05) is 33.5 Å². The molecule has 2 aliphatic carbocycles. The molecule has 0 spiro atoms. The topological polar surface area (TPSA) is 143 Å². The van der Waals surface area contributed by atoms with Crippen LogP contribution >= 0.6 is 0 Å². The van der Waals surface area contributed by atoms with Crippen LogP contribution in [0.5, 0.6) is 0 Å². The number of halogens is 1. The van der Waals surface area contributed by atoms with Crippen molar-refractivity contribution in [1.29, 1.82) is 0 Å². The molecular weight excluding hydrogens is 772 g/mol. The van der Waals surface area contributed by atoms with Gasteiger partial charge in [-0.15, -0.1) is 0 Å². The van der Waals surface area contributed by atoms with Gasteiger partial charge in [-0.05, 0) is 141 Å². The third-order valence-corrected chi connectivity index (χ3v) is 12.6. The molecule has 1 aromatic heterocycles. The Bertz CT molecular complexity index is 2340. The summed E-state index contributed by atoms with van der Waals surface area (Å²) in [6.45, 7) is 18.8. The second-order valence-electron chi connectivity index (χ2n) is 16.5. The monoisotopic (exact) mass is 832 g/mol. The molecule has 1 fully saturated rings. The van der Waals surface area contributed by atoms with Crippen molar-refractivity contribution in [3.8, 4) is 0 Å². The maximum atomic E-state index is 15.3. The summed E-state index contributed by atoms with van der Waals surface area (Å²) in [5, 5.41) is 15.0. The SMILES string of the molecule is C=C1/C(=C2\c3c(CC)cc(F)c(C)c3CCC2NC(=O)C2(COCNC(=O)CNC(=C)C(Cc3ccccc3)NC(=O)CNC)CC2)Cn2c1cc(/C(C)=C/C)c(CC)c2=O. The lowest BCUT2D eigenvalue weighted by Gasteiger charge is -2.34. The van der Waals surface area contributed by atoms with E-state index in [1.54, 1.807) is 17.7 Å². The fraction of sp³-hybridized carbons (Fsp3) is 0.429. The van der Waals surface area contributed by atoms with E-state index in [4.69, 9.17) is 4.74 Å². The van der Waals surface area contributed by atoms with Gasteiger partial charge < -0.3 is 35.9 Å². The van der Waals surface area contributed by atoms with Crippen LogP contribution in [-0.4, -0.2) is 67.8 Å².